The second-order valence-corrected chi connectivity index (χ2v) is 7.79. The number of aromatic nitrogens is 3. The van der Waals surface area contributed by atoms with Gasteiger partial charge in [0, 0.05) is 37.4 Å². The van der Waals surface area contributed by atoms with Crippen molar-refractivity contribution in [1.82, 2.24) is 24.8 Å². The van der Waals surface area contributed by atoms with E-state index in [9.17, 15) is 0 Å². The van der Waals surface area contributed by atoms with E-state index < -0.39 is 0 Å². The lowest BCUT2D eigenvalue weighted by atomic mass is 10.0. The average molecular weight is 406 g/mol. The van der Waals surface area contributed by atoms with E-state index in [-0.39, 0.29) is 18.2 Å². The summed E-state index contributed by atoms with van der Waals surface area (Å²) in [6.45, 7) is 1.60. The van der Waals surface area contributed by atoms with Crippen molar-refractivity contribution in [2.24, 2.45) is 0 Å². The molecule has 0 bridgehead atoms. The van der Waals surface area contributed by atoms with Crippen LogP contribution in [0, 0.1) is 0 Å². The molecule has 3 aromatic rings. The van der Waals surface area contributed by atoms with Gasteiger partial charge >= 0.3 is 0 Å². The van der Waals surface area contributed by atoms with Crippen LogP contribution in [0.4, 0.5) is 0 Å². The van der Waals surface area contributed by atoms with Gasteiger partial charge in [0.05, 0.1) is 23.9 Å². The molecule has 2 fully saturated rings. The van der Waals surface area contributed by atoms with Crippen LogP contribution in [0.1, 0.15) is 36.3 Å². The molecule has 0 aromatic carbocycles. The molecule has 7 heteroatoms. The van der Waals surface area contributed by atoms with Gasteiger partial charge in [-0.2, -0.15) is 0 Å². The van der Waals surface area contributed by atoms with Crippen molar-refractivity contribution >= 4 is 17.3 Å². The van der Waals surface area contributed by atoms with Gasteiger partial charge in [-0.15, -0.1) is 0 Å². The summed E-state index contributed by atoms with van der Waals surface area (Å²) in [5.74, 6) is 0.891. The zero-order chi connectivity index (χ0) is 19.6. The number of hydrogen-bond donors (Lipinski definition) is 1. The highest BCUT2D eigenvalue weighted by Crippen LogP contribution is 2.40. The zero-order valence-electron chi connectivity index (χ0n) is 16.0. The van der Waals surface area contributed by atoms with Crippen LogP contribution in [0.5, 0.6) is 0 Å². The third-order valence-electron chi connectivity index (χ3n) is 5.60. The number of rotatable bonds is 5. The van der Waals surface area contributed by atoms with Crippen molar-refractivity contribution in [2.75, 3.05) is 13.2 Å². The summed E-state index contributed by atoms with van der Waals surface area (Å²) in [7, 11) is 0. The topological polar surface area (TPSA) is 55.2 Å². The Morgan fingerprint density at radius 1 is 1.07 bits per heavy atom. The molecule has 6 nitrogen and oxygen atoms in total. The van der Waals surface area contributed by atoms with Crippen LogP contribution in [0.25, 0.3) is 5.82 Å². The highest BCUT2D eigenvalue weighted by atomic mass is 32.1. The highest BCUT2D eigenvalue weighted by Gasteiger charge is 2.42. The quantitative estimate of drug-likeness (QED) is 0.657. The number of hydrogen-bond acceptors (Lipinski definition) is 4. The SMILES string of the molecule is S=C1N[C@@H](c2ccccn2)[C@H](c2cccn2-c2ccccn2)N1C[C@@H]1CCCO1. The standard InChI is InChI=1S/C22H23N5OS/c29-22-25-20(17-8-1-3-11-23-17)21(27(22)15-16-7-6-14-28-16)18-9-5-13-26(18)19-10-2-4-12-24-19/h1-5,8-13,16,20-21H,6-7,14-15H2,(H,25,29)/t16-,20-,21-/m0/s1. The largest absolute Gasteiger partial charge is 0.376 e. The number of thiocarbonyl (C=S) groups is 1. The van der Waals surface area contributed by atoms with E-state index in [1.165, 1.54) is 0 Å². The van der Waals surface area contributed by atoms with Gasteiger partial charge in [-0.3, -0.25) is 4.98 Å². The Hall–Kier alpha value is -2.77. The maximum absolute atomic E-state index is 5.92. The van der Waals surface area contributed by atoms with E-state index in [1.54, 1.807) is 0 Å². The molecule has 0 unspecified atom stereocenters. The minimum Gasteiger partial charge on any atom is -0.376 e. The molecular formula is C22H23N5OS. The van der Waals surface area contributed by atoms with Gasteiger partial charge in [0.1, 0.15) is 5.82 Å². The fraction of sp³-hybridized carbons (Fsp3) is 0.318. The van der Waals surface area contributed by atoms with Gasteiger partial charge in [-0.1, -0.05) is 12.1 Å². The Labute approximate surface area is 175 Å². The van der Waals surface area contributed by atoms with E-state index in [1.807, 2.05) is 42.7 Å². The molecule has 5 rings (SSSR count). The third kappa shape index (κ3) is 3.52. The molecule has 1 N–H and O–H groups in total. The van der Waals surface area contributed by atoms with E-state index in [0.29, 0.717) is 0 Å². The maximum Gasteiger partial charge on any atom is 0.170 e. The van der Waals surface area contributed by atoms with E-state index >= 15 is 0 Å². The van der Waals surface area contributed by atoms with Crippen LogP contribution >= 0.6 is 12.2 Å². The Morgan fingerprint density at radius 3 is 2.66 bits per heavy atom. The molecule has 2 aliphatic heterocycles. The molecule has 2 saturated heterocycles. The summed E-state index contributed by atoms with van der Waals surface area (Å²) in [6.07, 6.45) is 8.09. The molecule has 0 saturated carbocycles. The number of nitrogens with zero attached hydrogens (tertiary/aromatic N) is 4. The second-order valence-electron chi connectivity index (χ2n) is 7.40. The molecule has 0 spiro atoms. The summed E-state index contributed by atoms with van der Waals surface area (Å²) < 4.78 is 8.06. The monoisotopic (exact) mass is 405 g/mol. The maximum atomic E-state index is 5.92. The first-order valence-corrected chi connectivity index (χ1v) is 10.4. The molecule has 0 aliphatic carbocycles. The highest BCUT2D eigenvalue weighted by molar-refractivity contribution is 7.80. The lowest BCUT2D eigenvalue weighted by molar-refractivity contribution is 0.0836. The fourth-order valence-electron chi connectivity index (χ4n) is 4.27. The number of nitrogens with one attached hydrogen (secondary N) is 1. The Balaban J connectivity index is 1.57. The molecule has 148 valence electrons. The predicted molar refractivity (Wildman–Crippen MR) is 115 cm³/mol. The van der Waals surface area contributed by atoms with Gasteiger partial charge in [0.15, 0.2) is 5.11 Å². The zero-order valence-corrected chi connectivity index (χ0v) is 16.8. The summed E-state index contributed by atoms with van der Waals surface area (Å²) in [5.41, 5.74) is 2.10. The van der Waals surface area contributed by atoms with Crippen LogP contribution in [0.2, 0.25) is 0 Å². The minimum absolute atomic E-state index is 0.00129. The summed E-state index contributed by atoms with van der Waals surface area (Å²) in [4.78, 5) is 11.4. The third-order valence-corrected chi connectivity index (χ3v) is 5.95. The first-order chi connectivity index (χ1) is 14.3. The minimum atomic E-state index is -0.0394. The lowest BCUT2D eigenvalue weighted by Gasteiger charge is -2.30. The van der Waals surface area contributed by atoms with Crippen LogP contribution < -0.4 is 5.32 Å². The smallest absolute Gasteiger partial charge is 0.170 e. The first-order valence-electron chi connectivity index (χ1n) is 9.99. The van der Waals surface area contributed by atoms with Gasteiger partial charge in [-0.25, -0.2) is 4.98 Å². The fourth-order valence-corrected chi connectivity index (χ4v) is 4.59. The van der Waals surface area contributed by atoms with Crippen molar-refractivity contribution < 1.29 is 4.74 Å². The number of ether oxygens (including phenoxy) is 1. The van der Waals surface area contributed by atoms with Crippen LogP contribution in [-0.4, -0.2) is 43.8 Å². The Kier molecular flexibility index (Phi) is 4.99. The average Bonchev–Trinajstić information content (AvgIpc) is 3.51. The second kappa shape index (κ2) is 7.93. The van der Waals surface area contributed by atoms with Crippen molar-refractivity contribution in [3.8, 4) is 5.82 Å². The van der Waals surface area contributed by atoms with E-state index in [0.717, 1.165) is 48.3 Å². The van der Waals surface area contributed by atoms with Crippen molar-refractivity contribution in [3.63, 3.8) is 0 Å². The Morgan fingerprint density at radius 2 is 1.93 bits per heavy atom. The summed E-state index contributed by atoms with van der Waals surface area (Å²) in [6, 6.07) is 16.1. The molecule has 3 atom stereocenters. The van der Waals surface area contributed by atoms with Gasteiger partial charge < -0.3 is 19.5 Å². The predicted octanol–water partition coefficient (Wildman–Crippen LogP) is 3.42. The van der Waals surface area contributed by atoms with Gasteiger partial charge in [-0.05, 0) is 61.5 Å². The van der Waals surface area contributed by atoms with E-state index in [2.05, 4.69) is 49.1 Å². The van der Waals surface area contributed by atoms with Crippen LogP contribution in [0.15, 0.2) is 67.1 Å². The number of pyridine rings is 2. The molecular weight excluding hydrogens is 382 g/mol. The Bertz CT molecular complexity index is 971. The van der Waals surface area contributed by atoms with Gasteiger partial charge in [0.2, 0.25) is 0 Å². The summed E-state index contributed by atoms with van der Waals surface area (Å²) >= 11 is 5.77. The molecule has 5 heterocycles. The van der Waals surface area contributed by atoms with Crippen molar-refractivity contribution in [3.05, 3.63) is 78.5 Å². The van der Waals surface area contributed by atoms with Crippen LogP contribution in [0.3, 0.4) is 0 Å². The van der Waals surface area contributed by atoms with Crippen molar-refractivity contribution in [1.29, 1.82) is 0 Å². The molecule has 29 heavy (non-hydrogen) atoms. The van der Waals surface area contributed by atoms with Gasteiger partial charge in [0.25, 0.3) is 0 Å². The van der Waals surface area contributed by atoms with Crippen molar-refractivity contribution in [2.45, 2.75) is 31.0 Å². The van der Waals surface area contributed by atoms with Crippen LogP contribution in [-0.2, 0) is 4.74 Å². The van der Waals surface area contributed by atoms with E-state index in [4.69, 9.17) is 17.0 Å². The molecule has 0 amide bonds. The normalized spacial score (nSPS) is 24.1. The summed E-state index contributed by atoms with van der Waals surface area (Å²) in [5, 5.41) is 4.26. The molecule has 0 radical (unpaired) electrons. The molecule has 2 aliphatic rings. The first kappa shape index (κ1) is 18.3. The lowest BCUT2D eigenvalue weighted by Crippen LogP contribution is -2.36. The molecule has 3 aromatic heterocycles.